The van der Waals surface area contributed by atoms with Crippen molar-refractivity contribution in [1.29, 1.82) is 0 Å². The van der Waals surface area contributed by atoms with Gasteiger partial charge in [-0.25, -0.2) is 0 Å². The van der Waals surface area contributed by atoms with E-state index in [9.17, 15) is 0 Å². The van der Waals surface area contributed by atoms with E-state index >= 15 is 0 Å². The summed E-state index contributed by atoms with van der Waals surface area (Å²) in [5, 5.41) is 0. The van der Waals surface area contributed by atoms with E-state index in [4.69, 9.17) is 0 Å². The molecule has 0 aliphatic heterocycles. The summed E-state index contributed by atoms with van der Waals surface area (Å²) >= 11 is -3.54. The van der Waals surface area contributed by atoms with Crippen molar-refractivity contribution in [2.45, 2.75) is 21.1 Å². The fraction of sp³-hybridized carbons (Fsp3) is 0.100. The van der Waals surface area contributed by atoms with Gasteiger partial charge in [-0.15, -0.1) is 0 Å². The molecule has 0 spiro atoms. The third kappa shape index (κ3) is 4.22. The Morgan fingerprint density at radius 3 is 1.22 bits per heavy atom. The Bertz CT molecular complexity index is 1740. The van der Waals surface area contributed by atoms with Gasteiger partial charge in [-0.1, -0.05) is 0 Å². The molecule has 1 heteroatoms. The summed E-state index contributed by atoms with van der Waals surface area (Å²) < 4.78 is 5.68. The molecular formula is C40H32Zr. The van der Waals surface area contributed by atoms with Crippen LogP contribution in [0.15, 0.2) is 146 Å². The van der Waals surface area contributed by atoms with Crippen molar-refractivity contribution in [3.63, 3.8) is 0 Å². The van der Waals surface area contributed by atoms with Gasteiger partial charge in [0, 0.05) is 0 Å². The molecule has 0 aromatic heterocycles. The quantitative estimate of drug-likeness (QED) is 0.179. The average molecular weight is 604 g/mol. The number of hydrogen-bond donors (Lipinski definition) is 0. The zero-order chi connectivity index (χ0) is 27.2. The molecule has 0 unspecified atom stereocenters. The van der Waals surface area contributed by atoms with Crippen molar-refractivity contribution >= 4 is 6.54 Å². The van der Waals surface area contributed by atoms with Crippen LogP contribution < -0.4 is 6.54 Å². The summed E-state index contributed by atoms with van der Waals surface area (Å²) in [7, 11) is 0. The minimum atomic E-state index is -3.54. The molecule has 0 heterocycles. The average Bonchev–Trinajstić information content (AvgIpc) is 3.60. The molecule has 2 aliphatic carbocycles. The van der Waals surface area contributed by atoms with Crippen LogP contribution in [-0.4, -0.2) is 0 Å². The number of rotatable bonds is 6. The first-order valence-corrected chi connectivity index (χ1v) is 20.7. The van der Waals surface area contributed by atoms with Crippen LogP contribution in [0.1, 0.15) is 33.4 Å². The third-order valence-electron chi connectivity index (χ3n) is 9.43. The third-order valence-corrected chi connectivity index (χ3v) is 21.8. The van der Waals surface area contributed by atoms with Gasteiger partial charge >= 0.3 is 249 Å². The molecule has 0 fully saturated rings. The topological polar surface area (TPSA) is 0 Å². The summed E-state index contributed by atoms with van der Waals surface area (Å²) in [6, 6.07) is 55.4. The van der Waals surface area contributed by atoms with E-state index < -0.39 is 20.3 Å². The van der Waals surface area contributed by atoms with Crippen LogP contribution in [0.2, 0.25) is 0 Å². The van der Waals surface area contributed by atoms with E-state index in [0.29, 0.717) is 0 Å². The van der Waals surface area contributed by atoms with Crippen LogP contribution in [-0.2, 0) is 41.4 Å². The van der Waals surface area contributed by atoms with Gasteiger partial charge in [0.15, 0.2) is 0 Å². The Kier molecular flexibility index (Phi) is 6.23. The fourth-order valence-electron chi connectivity index (χ4n) is 7.69. The zero-order valence-corrected chi connectivity index (χ0v) is 25.6. The molecule has 0 N–H and O–H groups in total. The fourth-order valence-corrected chi connectivity index (χ4v) is 21.1. The first-order valence-electron chi connectivity index (χ1n) is 14.8. The maximum atomic E-state index is 2.54. The molecule has 0 saturated carbocycles. The second kappa shape index (κ2) is 10.2. The Morgan fingerprint density at radius 2 is 0.756 bits per heavy atom. The van der Waals surface area contributed by atoms with Gasteiger partial charge in [0.05, 0.1) is 0 Å². The van der Waals surface area contributed by atoms with Crippen molar-refractivity contribution in [2.75, 3.05) is 0 Å². The normalized spacial score (nSPS) is 12.9. The number of benzene rings is 6. The van der Waals surface area contributed by atoms with Crippen LogP contribution in [0, 0.1) is 0 Å². The molecule has 0 radical (unpaired) electrons. The first kappa shape index (κ1) is 25.0. The molecule has 0 atom stereocenters. The first-order chi connectivity index (χ1) is 20.3. The van der Waals surface area contributed by atoms with Crippen molar-refractivity contribution in [3.8, 4) is 22.3 Å². The SMILES string of the molecule is c1ccc([CH2][Zr]([CH2]c2ccccc2)([c]2cccc3c2Cc2ccccc2-3)[c]2cccc3c2Cc2ccccc2-3)cc1. The van der Waals surface area contributed by atoms with Crippen LogP contribution in [0.25, 0.3) is 22.3 Å². The molecule has 0 amide bonds. The van der Waals surface area contributed by atoms with E-state index in [0.717, 1.165) is 21.1 Å². The van der Waals surface area contributed by atoms with Crippen LogP contribution in [0.4, 0.5) is 0 Å². The Hall–Kier alpha value is -3.80. The van der Waals surface area contributed by atoms with Gasteiger partial charge in [0.1, 0.15) is 0 Å². The Morgan fingerprint density at radius 1 is 0.366 bits per heavy atom. The van der Waals surface area contributed by atoms with E-state index in [2.05, 4.69) is 146 Å². The second-order valence-electron chi connectivity index (χ2n) is 11.7. The molecule has 0 nitrogen and oxygen atoms in total. The zero-order valence-electron chi connectivity index (χ0n) is 23.2. The monoisotopic (exact) mass is 602 g/mol. The Labute approximate surface area is 247 Å². The van der Waals surface area contributed by atoms with Gasteiger partial charge in [-0.3, -0.25) is 0 Å². The van der Waals surface area contributed by atoms with Crippen molar-refractivity contribution in [2.24, 2.45) is 0 Å². The van der Waals surface area contributed by atoms with Crippen molar-refractivity contribution in [3.05, 3.63) is 179 Å². The number of fused-ring (bicyclic) bond motifs is 6. The van der Waals surface area contributed by atoms with E-state index in [1.165, 1.54) is 44.5 Å². The Balaban J connectivity index is 1.43. The molecule has 41 heavy (non-hydrogen) atoms. The van der Waals surface area contributed by atoms with Crippen LogP contribution in [0.5, 0.6) is 0 Å². The van der Waals surface area contributed by atoms with Gasteiger partial charge < -0.3 is 0 Å². The summed E-state index contributed by atoms with van der Waals surface area (Å²) in [6.45, 7) is 0. The molecule has 0 saturated heterocycles. The minimum absolute atomic E-state index is 1.04. The summed E-state index contributed by atoms with van der Waals surface area (Å²) in [6.07, 6.45) is 2.08. The second-order valence-corrected chi connectivity index (χ2v) is 21.4. The molecular weight excluding hydrogens is 572 g/mol. The predicted molar refractivity (Wildman–Crippen MR) is 169 cm³/mol. The molecule has 6 aromatic carbocycles. The van der Waals surface area contributed by atoms with E-state index in [1.54, 1.807) is 17.7 Å². The number of hydrogen-bond acceptors (Lipinski definition) is 0. The van der Waals surface area contributed by atoms with E-state index in [-0.39, 0.29) is 0 Å². The van der Waals surface area contributed by atoms with Crippen molar-refractivity contribution < 1.29 is 20.3 Å². The summed E-state index contributed by atoms with van der Waals surface area (Å²) in [5.41, 5.74) is 14.8. The van der Waals surface area contributed by atoms with Gasteiger partial charge in [0.25, 0.3) is 0 Å². The van der Waals surface area contributed by atoms with Gasteiger partial charge in [-0.05, 0) is 0 Å². The molecule has 196 valence electrons. The van der Waals surface area contributed by atoms with Gasteiger partial charge in [-0.2, -0.15) is 0 Å². The summed E-state index contributed by atoms with van der Waals surface area (Å²) in [4.78, 5) is 0. The molecule has 2 aliphatic rings. The predicted octanol–water partition coefficient (Wildman–Crippen LogP) is 8.33. The molecule has 6 aromatic rings. The maximum absolute atomic E-state index is 3.54. The van der Waals surface area contributed by atoms with Crippen LogP contribution in [0.3, 0.4) is 0 Å². The van der Waals surface area contributed by atoms with Crippen molar-refractivity contribution in [1.82, 2.24) is 0 Å². The van der Waals surface area contributed by atoms with E-state index in [1.807, 2.05) is 0 Å². The van der Waals surface area contributed by atoms with Crippen LogP contribution >= 0.6 is 0 Å². The van der Waals surface area contributed by atoms with Gasteiger partial charge in [0.2, 0.25) is 0 Å². The molecule has 0 bridgehead atoms. The summed E-state index contributed by atoms with van der Waals surface area (Å²) in [5.74, 6) is 0. The standard InChI is InChI=1S/2C13H9.2C7H7.Zr/c2*1-3-7-12-10(5-1)9-11-6-2-4-8-13(11)12;2*1-7-5-3-2-4-6-7;/h2*1-5,7-8H,9H2;2*2-6H,1H2;. The molecule has 8 rings (SSSR count).